The quantitative estimate of drug-likeness (QED) is 0.544. The van der Waals surface area contributed by atoms with Crippen molar-refractivity contribution in [3.8, 4) is 5.88 Å². The summed E-state index contributed by atoms with van der Waals surface area (Å²) >= 11 is 5.74. The number of unbranched alkanes of at least 4 members (excludes halogenated alkanes) is 5. The number of hydrogen-bond acceptors (Lipinski definition) is 3. The van der Waals surface area contributed by atoms with Gasteiger partial charge in [0.25, 0.3) is 0 Å². The van der Waals surface area contributed by atoms with E-state index < -0.39 is 0 Å². The molecule has 0 saturated heterocycles. The van der Waals surface area contributed by atoms with Crippen LogP contribution in [0, 0.1) is 0 Å². The summed E-state index contributed by atoms with van der Waals surface area (Å²) in [5.74, 6) is 0.595. The average molecular weight is 258 g/mol. The van der Waals surface area contributed by atoms with Crippen LogP contribution in [-0.4, -0.2) is 23.3 Å². The van der Waals surface area contributed by atoms with Crippen LogP contribution >= 0.6 is 11.6 Å². The minimum atomic E-state index is 0.309. The van der Waals surface area contributed by atoms with Gasteiger partial charge >= 0.3 is 0 Å². The summed E-state index contributed by atoms with van der Waals surface area (Å²) in [6.07, 6.45) is 6.62. The molecule has 1 aromatic heterocycles. The van der Waals surface area contributed by atoms with Gasteiger partial charge in [-0.25, -0.2) is 4.98 Å². The van der Waals surface area contributed by atoms with E-state index in [1.54, 1.807) is 6.07 Å². The largest absolute Gasteiger partial charge is 0.478 e. The molecule has 4 heteroatoms. The summed E-state index contributed by atoms with van der Waals surface area (Å²) in [5.41, 5.74) is 0. The Balaban J connectivity index is 1.97. The van der Waals surface area contributed by atoms with Gasteiger partial charge in [-0.05, 0) is 18.9 Å². The van der Waals surface area contributed by atoms with Crippen LogP contribution in [0.25, 0.3) is 0 Å². The molecule has 96 valence electrons. The van der Waals surface area contributed by atoms with Crippen LogP contribution < -0.4 is 4.74 Å². The van der Waals surface area contributed by atoms with Crippen molar-refractivity contribution in [3.05, 3.63) is 23.4 Å². The Morgan fingerprint density at radius 2 is 1.76 bits per heavy atom. The molecule has 0 bridgehead atoms. The number of hydrogen-bond donors (Lipinski definition) is 1. The van der Waals surface area contributed by atoms with E-state index in [0.29, 0.717) is 24.2 Å². The molecule has 0 fully saturated rings. The summed E-state index contributed by atoms with van der Waals surface area (Å²) < 4.78 is 5.48. The van der Waals surface area contributed by atoms with Crippen LogP contribution in [-0.2, 0) is 0 Å². The van der Waals surface area contributed by atoms with Crippen LogP contribution in [0.2, 0.25) is 5.15 Å². The van der Waals surface area contributed by atoms with E-state index in [9.17, 15) is 0 Å². The Morgan fingerprint density at radius 1 is 1.06 bits per heavy atom. The molecule has 1 N–H and O–H groups in total. The highest BCUT2D eigenvalue weighted by Gasteiger charge is 1.96. The molecule has 0 aliphatic rings. The number of aliphatic hydroxyl groups excluding tert-OH is 1. The first-order valence-electron chi connectivity index (χ1n) is 6.19. The van der Waals surface area contributed by atoms with Gasteiger partial charge in [-0.15, -0.1) is 0 Å². The molecule has 17 heavy (non-hydrogen) atoms. The number of aliphatic hydroxyl groups is 1. The van der Waals surface area contributed by atoms with Gasteiger partial charge in [0.2, 0.25) is 5.88 Å². The van der Waals surface area contributed by atoms with Gasteiger partial charge in [0.15, 0.2) is 0 Å². The fraction of sp³-hybridized carbons (Fsp3) is 0.615. The zero-order chi connectivity index (χ0) is 12.3. The Kier molecular flexibility index (Phi) is 7.76. The Bertz CT molecular complexity index is 307. The van der Waals surface area contributed by atoms with Crippen LogP contribution in [0.15, 0.2) is 18.2 Å². The van der Waals surface area contributed by atoms with Crippen LogP contribution in [0.4, 0.5) is 0 Å². The van der Waals surface area contributed by atoms with Gasteiger partial charge in [0.05, 0.1) is 6.61 Å². The van der Waals surface area contributed by atoms with Crippen molar-refractivity contribution in [2.24, 2.45) is 0 Å². The smallest absolute Gasteiger partial charge is 0.214 e. The Morgan fingerprint density at radius 3 is 2.47 bits per heavy atom. The fourth-order valence-corrected chi connectivity index (χ4v) is 1.72. The van der Waals surface area contributed by atoms with Crippen LogP contribution in [0.1, 0.15) is 38.5 Å². The van der Waals surface area contributed by atoms with Crippen molar-refractivity contribution in [2.45, 2.75) is 38.5 Å². The maximum absolute atomic E-state index is 8.62. The molecule has 0 saturated carbocycles. The molecule has 3 nitrogen and oxygen atoms in total. The average Bonchev–Trinajstić information content (AvgIpc) is 2.33. The van der Waals surface area contributed by atoms with Gasteiger partial charge < -0.3 is 9.84 Å². The molecule has 0 amide bonds. The number of rotatable bonds is 9. The second-order valence-electron chi connectivity index (χ2n) is 3.99. The molecule has 1 rings (SSSR count). The maximum Gasteiger partial charge on any atom is 0.214 e. The lowest BCUT2D eigenvalue weighted by Gasteiger charge is -2.05. The minimum absolute atomic E-state index is 0.309. The maximum atomic E-state index is 8.62. The predicted molar refractivity (Wildman–Crippen MR) is 69.5 cm³/mol. The standard InChI is InChI=1S/C13H20ClNO2/c14-12-8-7-9-13(15-12)17-11-6-4-2-1-3-5-10-16/h7-9,16H,1-6,10-11H2. The predicted octanol–water partition coefficient (Wildman–Crippen LogP) is 3.45. The topological polar surface area (TPSA) is 42.4 Å². The van der Waals surface area contributed by atoms with E-state index in [1.165, 1.54) is 12.8 Å². The van der Waals surface area contributed by atoms with E-state index in [2.05, 4.69) is 4.98 Å². The zero-order valence-corrected chi connectivity index (χ0v) is 10.8. The molecule has 0 unspecified atom stereocenters. The van der Waals surface area contributed by atoms with E-state index in [-0.39, 0.29) is 0 Å². The summed E-state index contributed by atoms with van der Waals surface area (Å²) in [6.45, 7) is 0.997. The minimum Gasteiger partial charge on any atom is -0.478 e. The third-order valence-corrected chi connectivity index (χ3v) is 2.70. The summed E-state index contributed by atoms with van der Waals surface area (Å²) in [7, 11) is 0. The van der Waals surface area contributed by atoms with Crippen molar-refractivity contribution >= 4 is 11.6 Å². The third-order valence-electron chi connectivity index (χ3n) is 2.49. The van der Waals surface area contributed by atoms with Crippen molar-refractivity contribution in [2.75, 3.05) is 13.2 Å². The van der Waals surface area contributed by atoms with Gasteiger partial charge in [0.1, 0.15) is 5.15 Å². The number of pyridine rings is 1. The second-order valence-corrected chi connectivity index (χ2v) is 4.38. The number of ether oxygens (including phenoxy) is 1. The molecular weight excluding hydrogens is 238 g/mol. The van der Waals surface area contributed by atoms with Crippen LogP contribution in [0.3, 0.4) is 0 Å². The summed E-state index contributed by atoms with van der Waals surface area (Å²) in [4.78, 5) is 4.05. The molecule has 0 spiro atoms. The first kappa shape index (κ1) is 14.3. The normalized spacial score (nSPS) is 10.5. The molecule has 0 aliphatic carbocycles. The molecule has 0 atom stereocenters. The fourth-order valence-electron chi connectivity index (χ4n) is 1.57. The zero-order valence-electron chi connectivity index (χ0n) is 10.1. The third kappa shape index (κ3) is 7.18. The number of aromatic nitrogens is 1. The number of nitrogens with zero attached hydrogens (tertiary/aromatic N) is 1. The lowest BCUT2D eigenvalue weighted by atomic mass is 10.1. The molecule has 0 aliphatic heterocycles. The monoisotopic (exact) mass is 257 g/mol. The summed E-state index contributed by atoms with van der Waals surface area (Å²) in [5, 5.41) is 9.08. The SMILES string of the molecule is OCCCCCCCCOc1cccc(Cl)n1. The van der Waals surface area contributed by atoms with E-state index >= 15 is 0 Å². The Labute approximate surface area is 108 Å². The highest BCUT2D eigenvalue weighted by atomic mass is 35.5. The first-order chi connectivity index (χ1) is 8.33. The molecule has 1 heterocycles. The highest BCUT2D eigenvalue weighted by molar-refractivity contribution is 6.29. The van der Waals surface area contributed by atoms with Gasteiger partial charge in [-0.1, -0.05) is 43.4 Å². The lowest BCUT2D eigenvalue weighted by Crippen LogP contribution is -1.99. The van der Waals surface area contributed by atoms with Crippen molar-refractivity contribution in [1.82, 2.24) is 4.98 Å². The van der Waals surface area contributed by atoms with Crippen LogP contribution in [0.5, 0.6) is 5.88 Å². The van der Waals surface area contributed by atoms with E-state index in [0.717, 1.165) is 25.7 Å². The molecule has 0 aromatic carbocycles. The second kappa shape index (κ2) is 9.25. The van der Waals surface area contributed by atoms with E-state index in [4.69, 9.17) is 21.4 Å². The molecule has 0 radical (unpaired) electrons. The van der Waals surface area contributed by atoms with Gasteiger partial charge in [-0.2, -0.15) is 0 Å². The molecular formula is C13H20ClNO2. The highest BCUT2D eigenvalue weighted by Crippen LogP contribution is 2.12. The van der Waals surface area contributed by atoms with Crippen molar-refractivity contribution in [1.29, 1.82) is 0 Å². The van der Waals surface area contributed by atoms with Crippen molar-refractivity contribution in [3.63, 3.8) is 0 Å². The lowest BCUT2D eigenvalue weighted by molar-refractivity contribution is 0.279. The Hall–Kier alpha value is -0.800. The van der Waals surface area contributed by atoms with Gasteiger partial charge in [-0.3, -0.25) is 0 Å². The van der Waals surface area contributed by atoms with E-state index in [1.807, 2.05) is 12.1 Å². The van der Waals surface area contributed by atoms with Crippen molar-refractivity contribution < 1.29 is 9.84 Å². The molecule has 1 aromatic rings. The van der Waals surface area contributed by atoms with Gasteiger partial charge in [0, 0.05) is 12.7 Å². The summed E-state index contributed by atoms with van der Waals surface area (Å²) in [6, 6.07) is 5.38. The first-order valence-corrected chi connectivity index (χ1v) is 6.57. The number of halogens is 1.